The predicted octanol–water partition coefficient (Wildman–Crippen LogP) is 3.65. The highest BCUT2D eigenvalue weighted by Crippen LogP contribution is 2.36. The van der Waals surface area contributed by atoms with Crippen molar-refractivity contribution in [3.63, 3.8) is 0 Å². The van der Waals surface area contributed by atoms with Crippen LogP contribution in [0, 0.1) is 0 Å². The van der Waals surface area contributed by atoms with Crippen molar-refractivity contribution in [2.45, 2.75) is 29.9 Å². The number of aromatic nitrogens is 2. The van der Waals surface area contributed by atoms with Gasteiger partial charge < -0.3 is 18.9 Å². The zero-order valence-electron chi connectivity index (χ0n) is 25.9. The van der Waals surface area contributed by atoms with Gasteiger partial charge in [-0.2, -0.15) is 0 Å². The third-order valence-corrected chi connectivity index (χ3v) is 13.7. The Morgan fingerprint density at radius 1 is 0.780 bits per heavy atom. The van der Waals surface area contributed by atoms with E-state index in [-0.39, 0.29) is 33.5 Å². The minimum atomic E-state index is -2.36. The van der Waals surface area contributed by atoms with E-state index >= 15 is 0 Å². The van der Waals surface area contributed by atoms with Gasteiger partial charge in [0.25, 0.3) is 0 Å². The minimum absolute atomic E-state index is 0.0377. The molecule has 0 aliphatic carbocycles. The second kappa shape index (κ2) is 9.39. The van der Waals surface area contributed by atoms with Crippen LogP contribution in [0.15, 0.2) is 131 Å². The van der Waals surface area contributed by atoms with Gasteiger partial charge in [-0.05, 0) is 71.9 Å². The van der Waals surface area contributed by atoms with Gasteiger partial charge in [0.15, 0.2) is 5.82 Å². The van der Waals surface area contributed by atoms with Gasteiger partial charge in [0.1, 0.15) is 13.1 Å². The normalized spacial score (nSPS) is 22.3. The molecule has 12 heteroatoms. The van der Waals surface area contributed by atoms with Crippen molar-refractivity contribution in [2.75, 3.05) is 0 Å². The number of hydrogen-bond donors (Lipinski definition) is 0. The van der Waals surface area contributed by atoms with Crippen LogP contribution in [-0.2, 0) is 0 Å². The first kappa shape index (κ1) is 21.9. The molecule has 1 fully saturated rings. The molecule has 2 aromatic rings. The van der Waals surface area contributed by atoms with Gasteiger partial charge in [0.2, 0.25) is 0 Å². The monoisotopic (exact) mass is 567 g/mol. The van der Waals surface area contributed by atoms with E-state index in [4.69, 9.17) is 14.1 Å². The quantitative estimate of drug-likeness (QED) is 0.385. The third kappa shape index (κ3) is 3.84. The molecular formula is C29H28B4N6SSi. The SMILES string of the molecule is [2H]C([2H])([2H])C1=CB2N3C=CC=CB3N3C=CC=CB3N3C=CC=CB3N2C=C1c1ncc2c(n1)Sc1ccccc1[Si]2(C)C. The van der Waals surface area contributed by atoms with Gasteiger partial charge in [-0.1, -0.05) is 85.2 Å². The van der Waals surface area contributed by atoms with Crippen molar-refractivity contribution in [3.8, 4) is 0 Å². The van der Waals surface area contributed by atoms with E-state index in [0.717, 1.165) is 5.03 Å². The summed E-state index contributed by atoms with van der Waals surface area (Å²) in [6.07, 6.45) is 22.5. The molecule has 1 aromatic carbocycles. The summed E-state index contributed by atoms with van der Waals surface area (Å²) < 4.78 is 35.1. The second-order valence-corrected chi connectivity index (χ2v) is 16.7. The minimum Gasteiger partial charge on any atom is -0.423 e. The number of fused-ring (bicyclic) bond motifs is 10. The van der Waals surface area contributed by atoms with Crippen molar-refractivity contribution in [1.29, 1.82) is 0 Å². The summed E-state index contributed by atoms with van der Waals surface area (Å²) in [6, 6.07) is 8.55. The molecule has 0 radical (unpaired) electrons. The van der Waals surface area contributed by atoms with Crippen molar-refractivity contribution >= 4 is 63.7 Å². The van der Waals surface area contributed by atoms with Crippen molar-refractivity contribution in [1.82, 2.24) is 28.9 Å². The Morgan fingerprint density at radius 3 is 2.10 bits per heavy atom. The smallest absolute Gasteiger partial charge is 0.380 e. The molecule has 0 atom stereocenters. The summed E-state index contributed by atoms with van der Waals surface area (Å²) in [5, 5.41) is 3.49. The maximum Gasteiger partial charge on any atom is 0.380 e. The van der Waals surface area contributed by atoms with Crippen molar-refractivity contribution < 1.29 is 4.11 Å². The maximum atomic E-state index is 8.65. The lowest BCUT2D eigenvalue weighted by Crippen LogP contribution is -2.73. The lowest BCUT2D eigenvalue weighted by atomic mass is 9.41. The third-order valence-electron chi connectivity index (χ3n) is 8.72. The zero-order chi connectivity index (χ0) is 30.2. The van der Waals surface area contributed by atoms with Crippen molar-refractivity contribution in [3.05, 3.63) is 127 Å². The molecule has 0 bridgehead atoms. The van der Waals surface area contributed by atoms with Crippen LogP contribution >= 0.6 is 11.8 Å². The fraction of sp³-hybridized carbons (Fsp3) is 0.103. The predicted molar refractivity (Wildman–Crippen MR) is 176 cm³/mol. The van der Waals surface area contributed by atoms with Gasteiger partial charge in [-0.3, -0.25) is 0 Å². The lowest BCUT2D eigenvalue weighted by Gasteiger charge is -2.53. The summed E-state index contributed by atoms with van der Waals surface area (Å²) >= 11 is 1.66. The largest absolute Gasteiger partial charge is 0.423 e. The van der Waals surface area contributed by atoms with Crippen LogP contribution in [0.4, 0.5) is 0 Å². The fourth-order valence-corrected chi connectivity index (χ4v) is 11.7. The molecule has 0 unspecified atom stereocenters. The first-order chi connectivity index (χ1) is 21.2. The number of benzene rings is 1. The van der Waals surface area contributed by atoms with Crippen molar-refractivity contribution in [2.24, 2.45) is 0 Å². The summed E-state index contributed by atoms with van der Waals surface area (Å²) in [6.45, 7) is 1.60. The molecule has 0 saturated carbocycles. The first-order valence-electron chi connectivity index (χ1n) is 15.5. The lowest BCUT2D eigenvalue weighted by molar-refractivity contribution is 0.621. The Hall–Kier alpha value is -3.75. The van der Waals surface area contributed by atoms with E-state index in [2.05, 4.69) is 123 Å². The van der Waals surface area contributed by atoms with E-state index in [1.165, 1.54) is 15.3 Å². The van der Waals surface area contributed by atoms with E-state index in [1.54, 1.807) is 11.8 Å². The second-order valence-electron chi connectivity index (χ2n) is 11.4. The van der Waals surface area contributed by atoms with Crippen LogP contribution in [0.25, 0.3) is 5.57 Å². The molecule has 0 amide bonds. The number of hydrogen-bond acceptors (Lipinski definition) is 7. The average Bonchev–Trinajstić information content (AvgIpc) is 3.03. The molecule has 1 saturated heterocycles. The van der Waals surface area contributed by atoms with E-state index in [0.29, 0.717) is 11.4 Å². The Kier molecular flexibility index (Phi) is 5.02. The van der Waals surface area contributed by atoms with E-state index in [1.807, 2.05) is 24.4 Å². The summed E-state index contributed by atoms with van der Waals surface area (Å²) in [4.78, 5) is 11.2. The Labute approximate surface area is 253 Å². The average molecular weight is 567 g/mol. The molecule has 0 spiro atoms. The standard InChI is InChI=1S/C29H28B4N6SSi/c1-23-20-33-38-19-11-7-15-31(38)36-17-9-6-14-30(36)37-18-10-8-16-32(37)39(33)22-24(23)28-34-21-27-29(35-28)40-25-12-4-5-13-26(25)41(27,2)3/h4-22H,1-3H3/i1D3. The fourth-order valence-electron chi connectivity index (χ4n) is 6.59. The highest BCUT2D eigenvalue weighted by molar-refractivity contribution is 8.00. The highest BCUT2D eigenvalue weighted by Gasteiger charge is 2.50. The van der Waals surface area contributed by atoms with Gasteiger partial charge in [0, 0.05) is 20.8 Å². The van der Waals surface area contributed by atoms with Gasteiger partial charge >= 0.3 is 27.9 Å². The topological polar surface area (TPSA) is 38.7 Å². The molecule has 0 N–H and O–H groups in total. The number of allylic oxidation sites excluding steroid dienone is 8. The number of rotatable bonds is 1. The van der Waals surface area contributed by atoms with Crippen LogP contribution in [0.3, 0.4) is 0 Å². The van der Waals surface area contributed by atoms with Gasteiger partial charge in [0.05, 0.1) is 0 Å². The highest BCUT2D eigenvalue weighted by atomic mass is 32.2. The van der Waals surface area contributed by atoms with Gasteiger partial charge in [-0.25, -0.2) is 9.97 Å². The number of nitrogens with zero attached hydrogens (tertiary/aromatic N) is 6. The molecular weight excluding hydrogens is 536 g/mol. The van der Waals surface area contributed by atoms with Gasteiger partial charge in [-0.15, -0.1) is 0 Å². The Morgan fingerprint density at radius 2 is 1.41 bits per heavy atom. The van der Waals surface area contributed by atoms with Crippen LogP contribution in [0.5, 0.6) is 0 Å². The Balaban J connectivity index is 1.29. The summed E-state index contributed by atoms with van der Waals surface area (Å²) in [5.74, 6) is 8.87. The molecule has 7 heterocycles. The van der Waals surface area contributed by atoms with Crippen LogP contribution in [0.2, 0.25) is 13.1 Å². The summed E-state index contributed by atoms with van der Waals surface area (Å²) in [5.41, 5.74) is 0.807. The molecule has 41 heavy (non-hydrogen) atoms. The molecule has 8 rings (SSSR count). The molecule has 6 aliphatic rings. The Bertz CT molecular complexity index is 1800. The maximum absolute atomic E-state index is 8.65. The van der Waals surface area contributed by atoms with Crippen LogP contribution < -0.4 is 10.4 Å². The van der Waals surface area contributed by atoms with Crippen LogP contribution in [0.1, 0.15) is 16.8 Å². The first-order valence-corrected chi connectivity index (χ1v) is 17.8. The molecule has 6 nitrogen and oxygen atoms in total. The van der Waals surface area contributed by atoms with E-state index in [9.17, 15) is 0 Å². The van der Waals surface area contributed by atoms with Crippen LogP contribution in [-0.4, -0.2) is 64.9 Å². The zero-order valence-corrected chi connectivity index (χ0v) is 24.7. The molecule has 6 aliphatic heterocycles. The van der Waals surface area contributed by atoms with E-state index < -0.39 is 14.9 Å². The molecule has 1 aromatic heterocycles. The summed E-state index contributed by atoms with van der Waals surface area (Å²) in [7, 11) is -2.02. The molecule has 196 valence electrons.